The number of hydrogen-bond donors (Lipinski definition) is 4. The second-order valence-corrected chi connectivity index (χ2v) is 9.32. The summed E-state index contributed by atoms with van der Waals surface area (Å²) in [4.78, 5) is 20.2. The molecule has 1 amide bonds. The Balaban J connectivity index is 2.02. The summed E-state index contributed by atoms with van der Waals surface area (Å²) in [6.45, 7) is 2.58. The average Bonchev–Trinajstić information content (AvgIpc) is 2.69. The number of likely N-dealkylation sites (N-methyl/N-ethyl adjacent to an activating group) is 1. The Morgan fingerprint density at radius 3 is 2.40 bits per heavy atom. The van der Waals surface area contributed by atoms with Gasteiger partial charge in [0, 0.05) is 6.42 Å². The number of nitrogens with two attached hydrogens (primary N) is 2. The van der Waals surface area contributed by atoms with Crippen LogP contribution in [-0.2, 0) is 10.0 Å². The monoisotopic (exact) mass is 456 g/mol. The van der Waals surface area contributed by atoms with Crippen molar-refractivity contribution in [1.29, 1.82) is 0 Å². The number of quaternary nitrogens is 1. The number of nitrogens with one attached hydrogen (secondary N) is 2. The molecule has 1 heterocycles. The molecule has 0 aliphatic rings. The number of nitrogens with zero attached hydrogens (tertiary/aromatic N) is 3. The highest BCUT2D eigenvalue weighted by Gasteiger charge is 2.31. The Hall–Kier alpha value is -2.47. The molecule has 30 heavy (non-hydrogen) atoms. The molecule has 1 atom stereocenters. The first-order valence-electron chi connectivity index (χ1n) is 9.24. The van der Waals surface area contributed by atoms with E-state index >= 15 is 0 Å². The third-order valence-electron chi connectivity index (χ3n) is 4.67. The zero-order valence-electron chi connectivity index (χ0n) is 17.1. The Morgan fingerprint density at radius 1 is 1.17 bits per heavy atom. The topological polar surface area (TPSA) is 153 Å². The van der Waals surface area contributed by atoms with Crippen LogP contribution in [0.4, 0.5) is 11.6 Å². The highest BCUT2D eigenvalue weighted by atomic mass is 35.5. The lowest BCUT2D eigenvalue weighted by atomic mass is 10.3. The fourth-order valence-corrected chi connectivity index (χ4v) is 4.46. The van der Waals surface area contributed by atoms with Gasteiger partial charge in [0.25, 0.3) is 5.91 Å². The van der Waals surface area contributed by atoms with Crippen molar-refractivity contribution in [2.24, 2.45) is 0 Å². The van der Waals surface area contributed by atoms with Gasteiger partial charge in [0.15, 0.2) is 28.6 Å². The lowest BCUT2D eigenvalue weighted by Gasteiger charge is -2.37. The Kier molecular flexibility index (Phi) is 7.59. The van der Waals surface area contributed by atoms with Crippen molar-refractivity contribution in [2.75, 3.05) is 38.7 Å². The molecule has 0 saturated carbocycles. The predicted molar refractivity (Wildman–Crippen MR) is 116 cm³/mol. The van der Waals surface area contributed by atoms with Crippen LogP contribution in [0, 0.1) is 0 Å². The van der Waals surface area contributed by atoms with Gasteiger partial charge in [0.05, 0.1) is 32.1 Å². The van der Waals surface area contributed by atoms with E-state index in [9.17, 15) is 13.2 Å². The molecule has 0 aliphatic heterocycles. The SMILES string of the molecule is CCC(NS(=O)(=O)c1ccccc1)[N+](C)(C)CCNC(=O)c1nc(Cl)c(N)nc1N. The molecule has 2 aromatic rings. The van der Waals surface area contributed by atoms with Crippen LogP contribution in [0.2, 0.25) is 5.15 Å². The molecule has 1 aromatic heterocycles. The molecule has 10 nitrogen and oxygen atoms in total. The van der Waals surface area contributed by atoms with Crippen molar-refractivity contribution in [3.63, 3.8) is 0 Å². The van der Waals surface area contributed by atoms with Gasteiger partial charge in [0.2, 0.25) is 10.0 Å². The van der Waals surface area contributed by atoms with Crippen LogP contribution in [0.25, 0.3) is 0 Å². The van der Waals surface area contributed by atoms with Gasteiger partial charge < -0.3 is 21.3 Å². The first kappa shape index (κ1) is 23.8. The van der Waals surface area contributed by atoms with Crippen LogP contribution < -0.4 is 21.5 Å². The van der Waals surface area contributed by atoms with Crippen molar-refractivity contribution in [2.45, 2.75) is 24.4 Å². The molecular formula is C18H27ClN7O3S+. The van der Waals surface area contributed by atoms with Gasteiger partial charge in [-0.3, -0.25) is 4.79 Å². The van der Waals surface area contributed by atoms with Crippen LogP contribution in [0.5, 0.6) is 0 Å². The average molecular weight is 457 g/mol. The van der Waals surface area contributed by atoms with Crippen LogP contribution in [0.3, 0.4) is 0 Å². The normalized spacial score (nSPS) is 13.1. The molecule has 0 aliphatic carbocycles. The number of benzene rings is 1. The number of amides is 1. The van der Waals surface area contributed by atoms with E-state index in [4.69, 9.17) is 23.1 Å². The second kappa shape index (κ2) is 9.56. The molecule has 0 spiro atoms. The third kappa shape index (κ3) is 5.79. The summed E-state index contributed by atoms with van der Waals surface area (Å²) in [5.74, 6) is -0.718. The highest BCUT2D eigenvalue weighted by Crippen LogP contribution is 2.17. The Morgan fingerprint density at radius 2 is 1.80 bits per heavy atom. The van der Waals surface area contributed by atoms with E-state index in [0.29, 0.717) is 17.4 Å². The fourth-order valence-electron chi connectivity index (χ4n) is 2.87. The lowest BCUT2D eigenvalue weighted by Crippen LogP contribution is -2.59. The van der Waals surface area contributed by atoms with E-state index in [-0.39, 0.29) is 33.9 Å². The molecule has 2 rings (SSSR count). The molecule has 12 heteroatoms. The first-order valence-corrected chi connectivity index (χ1v) is 11.1. The van der Waals surface area contributed by atoms with Gasteiger partial charge in [-0.25, -0.2) is 18.4 Å². The molecule has 6 N–H and O–H groups in total. The van der Waals surface area contributed by atoms with E-state index < -0.39 is 22.1 Å². The molecule has 1 aromatic carbocycles. The summed E-state index contributed by atoms with van der Waals surface area (Å²) in [5.41, 5.74) is 11.1. The van der Waals surface area contributed by atoms with E-state index in [1.165, 1.54) is 0 Å². The summed E-state index contributed by atoms with van der Waals surface area (Å²) in [6.07, 6.45) is 0.155. The minimum absolute atomic E-state index is 0.0556. The van der Waals surface area contributed by atoms with Crippen molar-refractivity contribution in [3.8, 4) is 0 Å². The molecule has 0 radical (unpaired) electrons. The smallest absolute Gasteiger partial charge is 0.273 e. The van der Waals surface area contributed by atoms with E-state index in [0.717, 1.165) is 0 Å². The van der Waals surface area contributed by atoms with Crippen LogP contribution in [0.15, 0.2) is 35.2 Å². The highest BCUT2D eigenvalue weighted by molar-refractivity contribution is 7.89. The van der Waals surface area contributed by atoms with Gasteiger partial charge in [-0.2, -0.15) is 4.72 Å². The molecule has 0 fully saturated rings. The molecule has 164 valence electrons. The summed E-state index contributed by atoms with van der Waals surface area (Å²) in [7, 11) is 0.0863. The number of sulfonamides is 1. The minimum Gasteiger partial charge on any atom is -0.382 e. The minimum atomic E-state index is -3.67. The van der Waals surface area contributed by atoms with E-state index in [1.807, 2.05) is 21.0 Å². The van der Waals surface area contributed by atoms with Gasteiger partial charge in [-0.05, 0) is 12.1 Å². The molecule has 0 bridgehead atoms. The quantitative estimate of drug-likeness (QED) is 0.321. The standard InChI is InChI=1S/C18H26ClN7O3S/c1-4-13(25-30(28,29)12-8-6-5-7-9-12)26(2,3)11-10-22-18(27)14-16(20)24-17(21)15(19)23-14/h5-9,13,25H,4,10-11H2,1-3H3,(H4-,20,21,22,24,27)/p+1. The number of halogens is 1. The zero-order chi connectivity index (χ0) is 22.5. The van der Waals surface area contributed by atoms with Gasteiger partial charge in [0.1, 0.15) is 0 Å². The Labute approximate surface area is 181 Å². The second-order valence-electron chi connectivity index (χ2n) is 7.25. The first-order chi connectivity index (χ1) is 14.0. The van der Waals surface area contributed by atoms with Crippen molar-refractivity contribution >= 4 is 39.2 Å². The van der Waals surface area contributed by atoms with Crippen LogP contribution >= 0.6 is 11.6 Å². The number of anilines is 2. The van der Waals surface area contributed by atoms with Gasteiger partial charge in [-0.15, -0.1) is 0 Å². The zero-order valence-corrected chi connectivity index (χ0v) is 18.7. The number of carbonyl (C=O) groups is 1. The summed E-state index contributed by atoms with van der Waals surface area (Å²) < 4.78 is 28.4. The van der Waals surface area contributed by atoms with Crippen LogP contribution in [0.1, 0.15) is 23.8 Å². The predicted octanol–water partition coefficient (Wildman–Crippen LogP) is 0.815. The number of carbonyl (C=O) groups excluding carboxylic acids is 1. The lowest BCUT2D eigenvalue weighted by molar-refractivity contribution is -0.915. The van der Waals surface area contributed by atoms with E-state index in [2.05, 4.69) is 20.0 Å². The Bertz CT molecular complexity index is 1000. The van der Waals surface area contributed by atoms with E-state index in [1.54, 1.807) is 30.3 Å². The number of rotatable bonds is 9. The largest absolute Gasteiger partial charge is 0.382 e. The van der Waals surface area contributed by atoms with Gasteiger partial charge in [-0.1, -0.05) is 36.7 Å². The fraction of sp³-hybridized carbons (Fsp3) is 0.389. The van der Waals surface area contributed by atoms with Crippen molar-refractivity contribution in [1.82, 2.24) is 20.0 Å². The maximum absolute atomic E-state index is 12.7. The maximum atomic E-state index is 12.7. The summed E-state index contributed by atoms with van der Waals surface area (Å²) in [5, 5.41) is 2.60. The molecule has 1 unspecified atom stereocenters. The number of hydrogen-bond acceptors (Lipinski definition) is 7. The summed E-state index contributed by atoms with van der Waals surface area (Å²) in [6, 6.07) is 8.17. The summed E-state index contributed by atoms with van der Waals surface area (Å²) >= 11 is 5.81. The van der Waals surface area contributed by atoms with Crippen LogP contribution in [-0.4, -0.2) is 62.1 Å². The molecular weight excluding hydrogens is 430 g/mol. The number of nitrogen functional groups attached to an aromatic ring is 2. The third-order valence-corrected chi connectivity index (χ3v) is 6.42. The number of aromatic nitrogens is 2. The van der Waals surface area contributed by atoms with Crippen molar-refractivity contribution in [3.05, 3.63) is 41.2 Å². The van der Waals surface area contributed by atoms with Crippen molar-refractivity contribution < 1.29 is 17.7 Å². The maximum Gasteiger partial charge on any atom is 0.273 e. The van der Waals surface area contributed by atoms with Gasteiger partial charge >= 0.3 is 0 Å². The molecule has 0 saturated heterocycles.